The van der Waals surface area contributed by atoms with Crippen LogP contribution in [0.25, 0.3) is 11.4 Å². The summed E-state index contributed by atoms with van der Waals surface area (Å²) in [4.78, 5) is 24.2. The van der Waals surface area contributed by atoms with Crippen molar-refractivity contribution < 1.29 is 9.59 Å². The van der Waals surface area contributed by atoms with Gasteiger partial charge in [-0.25, -0.2) is 4.79 Å². The molecule has 122 valence electrons. The highest BCUT2D eigenvalue weighted by molar-refractivity contribution is 5.95. The number of tetrazole rings is 1. The van der Waals surface area contributed by atoms with Crippen LogP contribution in [0.3, 0.4) is 0 Å². The fourth-order valence-electron chi connectivity index (χ4n) is 1.91. The summed E-state index contributed by atoms with van der Waals surface area (Å²) in [5.41, 5.74) is 2.04. The van der Waals surface area contributed by atoms with Gasteiger partial charge in [0.2, 0.25) is 5.82 Å². The van der Waals surface area contributed by atoms with Crippen LogP contribution in [-0.2, 0) is 4.79 Å². The van der Waals surface area contributed by atoms with E-state index in [9.17, 15) is 9.59 Å². The van der Waals surface area contributed by atoms with Crippen molar-refractivity contribution in [3.8, 4) is 11.4 Å². The lowest BCUT2D eigenvalue weighted by atomic mass is 10.0. The molecule has 0 aliphatic carbocycles. The third-order valence-corrected chi connectivity index (χ3v) is 3.45. The van der Waals surface area contributed by atoms with E-state index < -0.39 is 18.0 Å². The Bertz CT molecular complexity index is 692. The molecular formula is C15H20N6O2. The van der Waals surface area contributed by atoms with Crippen molar-refractivity contribution in [2.24, 2.45) is 0 Å². The number of rotatable bonds is 4. The van der Waals surface area contributed by atoms with Crippen LogP contribution < -0.4 is 10.6 Å². The number of carbonyl (C=O) groups excluding carboxylic acids is 2. The molecule has 8 heteroatoms. The number of hydrogen-bond donors (Lipinski definition) is 2. The lowest BCUT2D eigenvalue weighted by Gasteiger charge is -2.09. The normalized spacial score (nSPS) is 12.0. The van der Waals surface area contributed by atoms with Crippen LogP contribution >= 0.6 is 0 Å². The number of amides is 3. The lowest BCUT2D eigenvalue weighted by Crippen LogP contribution is -2.41. The second kappa shape index (κ2) is 6.99. The van der Waals surface area contributed by atoms with Crippen LogP contribution in [0.4, 0.5) is 4.79 Å². The number of hydrogen-bond acceptors (Lipinski definition) is 5. The fraction of sp³-hybridized carbons (Fsp3) is 0.400. The number of carbonyl (C=O) groups is 2. The monoisotopic (exact) mass is 316 g/mol. The van der Waals surface area contributed by atoms with Gasteiger partial charge in [0.25, 0.3) is 5.91 Å². The van der Waals surface area contributed by atoms with Crippen LogP contribution in [-0.4, -0.2) is 39.2 Å². The molecule has 23 heavy (non-hydrogen) atoms. The molecule has 2 N–H and O–H groups in total. The lowest BCUT2D eigenvalue weighted by molar-refractivity contribution is -0.123. The topological polar surface area (TPSA) is 102 Å². The molecule has 1 aromatic carbocycles. The van der Waals surface area contributed by atoms with E-state index >= 15 is 0 Å². The van der Waals surface area contributed by atoms with E-state index in [1.165, 1.54) is 17.4 Å². The van der Waals surface area contributed by atoms with Gasteiger partial charge in [-0.3, -0.25) is 10.1 Å². The van der Waals surface area contributed by atoms with Crippen LogP contribution in [0.2, 0.25) is 0 Å². The van der Waals surface area contributed by atoms with E-state index in [1.807, 2.05) is 24.3 Å². The van der Waals surface area contributed by atoms with E-state index in [0.717, 1.165) is 5.56 Å². The average molecular weight is 316 g/mol. The smallest absolute Gasteiger partial charge is 0.321 e. The molecule has 2 rings (SSSR count). The zero-order chi connectivity index (χ0) is 17.0. The molecule has 0 unspecified atom stereocenters. The molecule has 1 atom stereocenters. The predicted molar refractivity (Wildman–Crippen MR) is 84.7 cm³/mol. The first kappa shape index (κ1) is 16.6. The highest BCUT2D eigenvalue weighted by Crippen LogP contribution is 2.19. The van der Waals surface area contributed by atoms with Crippen molar-refractivity contribution >= 4 is 11.9 Å². The van der Waals surface area contributed by atoms with E-state index in [2.05, 4.69) is 39.9 Å². The third kappa shape index (κ3) is 3.91. The SMILES string of the molecule is CNC(=O)NC(=O)[C@H](C)n1nnc(-c2ccc(C(C)C)cc2)n1. The number of imide groups is 1. The first-order valence-corrected chi connectivity index (χ1v) is 7.34. The minimum atomic E-state index is -0.747. The molecule has 8 nitrogen and oxygen atoms in total. The molecule has 0 aliphatic rings. The molecule has 1 aromatic heterocycles. The van der Waals surface area contributed by atoms with E-state index in [4.69, 9.17) is 0 Å². The van der Waals surface area contributed by atoms with Crippen molar-refractivity contribution in [1.29, 1.82) is 0 Å². The molecule has 3 amide bonds. The summed E-state index contributed by atoms with van der Waals surface area (Å²) < 4.78 is 0. The maximum atomic E-state index is 11.9. The van der Waals surface area contributed by atoms with Gasteiger partial charge in [0, 0.05) is 12.6 Å². The maximum absolute atomic E-state index is 11.9. The van der Waals surface area contributed by atoms with E-state index in [0.29, 0.717) is 11.7 Å². The van der Waals surface area contributed by atoms with Gasteiger partial charge >= 0.3 is 6.03 Å². The molecular weight excluding hydrogens is 296 g/mol. The number of aromatic nitrogens is 4. The van der Waals surface area contributed by atoms with E-state index in [1.54, 1.807) is 6.92 Å². The first-order chi connectivity index (χ1) is 10.9. The fourth-order valence-corrected chi connectivity index (χ4v) is 1.91. The summed E-state index contributed by atoms with van der Waals surface area (Å²) in [6.07, 6.45) is 0. The number of urea groups is 1. The van der Waals surface area contributed by atoms with Crippen molar-refractivity contribution in [3.05, 3.63) is 29.8 Å². The van der Waals surface area contributed by atoms with Crippen LogP contribution in [0.5, 0.6) is 0 Å². The summed E-state index contributed by atoms with van der Waals surface area (Å²) in [5, 5.41) is 16.6. The molecule has 0 radical (unpaired) electrons. The number of benzene rings is 1. The molecule has 0 bridgehead atoms. The van der Waals surface area contributed by atoms with Gasteiger partial charge in [0.1, 0.15) is 6.04 Å². The first-order valence-electron chi connectivity index (χ1n) is 7.34. The highest BCUT2D eigenvalue weighted by atomic mass is 16.2. The van der Waals surface area contributed by atoms with Gasteiger partial charge in [0.15, 0.2) is 0 Å². The zero-order valence-corrected chi connectivity index (χ0v) is 13.6. The van der Waals surface area contributed by atoms with Gasteiger partial charge in [-0.1, -0.05) is 38.1 Å². The Labute approximate surface area is 134 Å². The van der Waals surface area contributed by atoms with Crippen molar-refractivity contribution in [2.45, 2.75) is 32.7 Å². The summed E-state index contributed by atoms with van der Waals surface area (Å²) in [6, 6.07) is 6.55. The van der Waals surface area contributed by atoms with E-state index in [-0.39, 0.29) is 0 Å². The van der Waals surface area contributed by atoms with Gasteiger partial charge in [-0.05, 0) is 23.6 Å². The van der Waals surface area contributed by atoms with Crippen molar-refractivity contribution in [3.63, 3.8) is 0 Å². The van der Waals surface area contributed by atoms with Crippen LogP contribution in [0, 0.1) is 0 Å². The summed E-state index contributed by atoms with van der Waals surface area (Å²) in [5.74, 6) is 0.365. The number of nitrogens with one attached hydrogen (secondary N) is 2. The largest absolute Gasteiger partial charge is 0.341 e. The number of nitrogens with zero attached hydrogens (tertiary/aromatic N) is 4. The van der Waals surface area contributed by atoms with Gasteiger partial charge in [-0.15, -0.1) is 10.2 Å². The van der Waals surface area contributed by atoms with Crippen molar-refractivity contribution in [1.82, 2.24) is 30.8 Å². The minimum Gasteiger partial charge on any atom is -0.341 e. The van der Waals surface area contributed by atoms with Crippen molar-refractivity contribution in [2.75, 3.05) is 7.05 Å². The Hall–Kier alpha value is -2.77. The molecule has 1 heterocycles. The zero-order valence-electron chi connectivity index (χ0n) is 13.6. The summed E-state index contributed by atoms with van der Waals surface area (Å²) in [6.45, 7) is 5.83. The Morgan fingerprint density at radius 3 is 2.35 bits per heavy atom. The molecule has 0 spiro atoms. The third-order valence-electron chi connectivity index (χ3n) is 3.45. The Kier molecular flexibility index (Phi) is 5.05. The van der Waals surface area contributed by atoms with Crippen LogP contribution in [0.1, 0.15) is 38.3 Å². The second-order valence-electron chi connectivity index (χ2n) is 5.45. The highest BCUT2D eigenvalue weighted by Gasteiger charge is 2.20. The second-order valence-corrected chi connectivity index (χ2v) is 5.45. The minimum absolute atomic E-state index is 0.430. The van der Waals surface area contributed by atoms with Gasteiger partial charge in [0.05, 0.1) is 0 Å². The Balaban J connectivity index is 2.13. The average Bonchev–Trinajstić information content (AvgIpc) is 3.03. The summed E-state index contributed by atoms with van der Waals surface area (Å²) in [7, 11) is 1.43. The maximum Gasteiger partial charge on any atom is 0.321 e. The molecule has 0 saturated heterocycles. The van der Waals surface area contributed by atoms with Gasteiger partial charge in [-0.2, -0.15) is 4.80 Å². The predicted octanol–water partition coefficient (Wildman–Crippen LogP) is 1.48. The standard InChI is InChI=1S/C15H20N6O2/c1-9(2)11-5-7-12(8-6-11)13-18-20-21(19-13)10(3)14(22)17-15(23)16-4/h5-10H,1-4H3,(H2,16,17,22,23)/t10-/m0/s1. The Morgan fingerprint density at radius 1 is 1.13 bits per heavy atom. The van der Waals surface area contributed by atoms with Crippen LogP contribution in [0.15, 0.2) is 24.3 Å². The Morgan fingerprint density at radius 2 is 1.78 bits per heavy atom. The molecule has 0 aliphatic heterocycles. The summed E-state index contributed by atoms with van der Waals surface area (Å²) >= 11 is 0. The quantitative estimate of drug-likeness (QED) is 0.889. The van der Waals surface area contributed by atoms with Gasteiger partial charge < -0.3 is 5.32 Å². The molecule has 0 saturated carbocycles. The molecule has 2 aromatic rings. The molecule has 0 fully saturated rings.